The van der Waals surface area contributed by atoms with Crippen LogP contribution in [0.5, 0.6) is 5.75 Å². The zero-order valence-corrected chi connectivity index (χ0v) is 25.8. The molecule has 0 bridgehead atoms. The fourth-order valence-electron chi connectivity index (χ4n) is 5.59. The minimum absolute atomic E-state index is 0.298. The first kappa shape index (κ1) is 28.6. The normalized spacial score (nSPS) is 11.2. The van der Waals surface area contributed by atoms with Crippen LogP contribution in [0, 0.1) is 0 Å². The third-order valence-electron chi connectivity index (χ3n) is 7.58. The third kappa shape index (κ3) is 5.88. The molecule has 2 aromatic heterocycles. The number of rotatable bonds is 11. The number of carbonyl (C=O) groups excluding carboxylic acids is 1. The molecule has 8 heteroatoms. The van der Waals surface area contributed by atoms with Crippen LogP contribution in [-0.2, 0) is 24.8 Å². The standard InChI is InChI=1S/C35H33BrN4O3/c1-3-42-35(41)32-27(19-11-21-43-29-20-9-15-24-14-7-8-16-25(24)29)26-17-10-18-28(31(26)38-32)30-33(36)39-40(2)34(30)37-22-23-12-5-4-6-13-23/h4-10,12-18,20,37-38H,3,11,19,21-22H2,1-2H3. The fourth-order valence-corrected chi connectivity index (χ4v) is 6.23. The van der Waals surface area contributed by atoms with E-state index in [9.17, 15) is 4.79 Å². The van der Waals surface area contributed by atoms with Crippen molar-refractivity contribution in [2.75, 3.05) is 18.5 Å². The van der Waals surface area contributed by atoms with Crippen molar-refractivity contribution < 1.29 is 14.3 Å². The van der Waals surface area contributed by atoms with Gasteiger partial charge in [0, 0.05) is 29.9 Å². The van der Waals surface area contributed by atoms with E-state index in [0.717, 1.165) is 61.0 Å². The molecule has 0 saturated heterocycles. The SMILES string of the molecule is CCOC(=O)c1[nH]c2c(-c3c(Br)nn(C)c3NCc3ccccc3)cccc2c1CCCOc1cccc2ccccc12. The van der Waals surface area contributed by atoms with Gasteiger partial charge in [-0.25, -0.2) is 4.79 Å². The lowest BCUT2D eigenvalue weighted by atomic mass is 10.0. The van der Waals surface area contributed by atoms with Crippen molar-refractivity contribution in [2.24, 2.45) is 7.05 Å². The Hall–Kier alpha value is -4.56. The topological polar surface area (TPSA) is 81.2 Å². The number of H-pyrrole nitrogens is 1. The number of hydrogen-bond donors (Lipinski definition) is 2. The van der Waals surface area contributed by atoms with E-state index < -0.39 is 0 Å². The number of para-hydroxylation sites is 1. The monoisotopic (exact) mass is 636 g/mol. The van der Waals surface area contributed by atoms with Gasteiger partial charge in [-0.05, 0) is 58.3 Å². The predicted octanol–water partition coefficient (Wildman–Crippen LogP) is 8.28. The Morgan fingerprint density at radius 1 is 0.953 bits per heavy atom. The summed E-state index contributed by atoms with van der Waals surface area (Å²) in [7, 11) is 1.92. The zero-order chi connectivity index (χ0) is 29.8. The summed E-state index contributed by atoms with van der Waals surface area (Å²) in [4.78, 5) is 16.6. The Labute approximate surface area is 259 Å². The first-order chi connectivity index (χ1) is 21.0. The summed E-state index contributed by atoms with van der Waals surface area (Å²) in [6.07, 6.45) is 1.38. The van der Waals surface area contributed by atoms with Crippen LogP contribution in [-0.4, -0.2) is 33.9 Å². The number of carbonyl (C=O) groups is 1. The van der Waals surface area contributed by atoms with Gasteiger partial charge in [-0.15, -0.1) is 0 Å². The molecule has 0 unspecified atom stereocenters. The number of ether oxygens (including phenoxy) is 2. The summed E-state index contributed by atoms with van der Waals surface area (Å²) in [5.74, 6) is 1.38. The second-order valence-electron chi connectivity index (χ2n) is 10.3. The summed E-state index contributed by atoms with van der Waals surface area (Å²) < 4.78 is 14.2. The van der Waals surface area contributed by atoms with Gasteiger partial charge in [0.25, 0.3) is 0 Å². The maximum Gasteiger partial charge on any atom is 0.355 e. The van der Waals surface area contributed by atoms with E-state index >= 15 is 0 Å². The van der Waals surface area contributed by atoms with Crippen molar-refractivity contribution in [3.8, 4) is 16.9 Å². The number of aromatic amines is 1. The summed E-state index contributed by atoms with van der Waals surface area (Å²) >= 11 is 3.69. The molecule has 0 aliphatic heterocycles. The van der Waals surface area contributed by atoms with Gasteiger partial charge in [-0.1, -0.05) is 84.9 Å². The zero-order valence-electron chi connectivity index (χ0n) is 24.2. The van der Waals surface area contributed by atoms with Gasteiger partial charge in [-0.3, -0.25) is 4.68 Å². The molecule has 43 heavy (non-hydrogen) atoms. The highest BCUT2D eigenvalue weighted by atomic mass is 79.9. The van der Waals surface area contributed by atoms with Crippen LogP contribution >= 0.6 is 15.9 Å². The van der Waals surface area contributed by atoms with E-state index in [1.165, 1.54) is 5.56 Å². The van der Waals surface area contributed by atoms with Crippen molar-refractivity contribution in [2.45, 2.75) is 26.3 Å². The van der Waals surface area contributed by atoms with Crippen molar-refractivity contribution in [1.29, 1.82) is 0 Å². The molecule has 0 aliphatic carbocycles. The summed E-state index contributed by atoms with van der Waals surface area (Å²) in [6, 6.07) is 30.7. The van der Waals surface area contributed by atoms with Crippen molar-refractivity contribution in [3.63, 3.8) is 0 Å². The molecule has 6 rings (SSSR count). The van der Waals surface area contributed by atoms with E-state index in [0.29, 0.717) is 31.9 Å². The Morgan fingerprint density at radius 3 is 2.53 bits per heavy atom. The molecule has 218 valence electrons. The van der Waals surface area contributed by atoms with Crippen LogP contribution in [0.1, 0.15) is 35.0 Å². The van der Waals surface area contributed by atoms with Crippen LogP contribution in [0.25, 0.3) is 32.8 Å². The number of halogens is 1. The minimum Gasteiger partial charge on any atom is -0.493 e. The second kappa shape index (κ2) is 12.8. The molecule has 0 spiro atoms. The Balaban J connectivity index is 1.31. The van der Waals surface area contributed by atoms with Crippen molar-refractivity contribution in [3.05, 3.63) is 112 Å². The van der Waals surface area contributed by atoms with Gasteiger partial charge in [-0.2, -0.15) is 5.10 Å². The number of aromatic nitrogens is 3. The second-order valence-corrected chi connectivity index (χ2v) is 11.1. The lowest BCUT2D eigenvalue weighted by Crippen LogP contribution is -2.09. The van der Waals surface area contributed by atoms with E-state index in [1.807, 2.05) is 67.2 Å². The lowest BCUT2D eigenvalue weighted by Gasteiger charge is -2.11. The molecule has 0 atom stereocenters. The average molecular weight is 638 g/mol. The molecule has 0 aliphatic rings. The number of nitrogens with one attached hydrogen (secondary N) is 2. The first-order valence-electron chi connectivity index (χ1n) is 14.5. The van der Waals surface area contributed by atoms with Gasteiger partial charge in [0.1, 0.15) is 21.9 Å². The number of anilines is 1. The maximum atomic E-state index is 13.2. The number of hydrogen-bond acceptors (Lipinski definition) is 5. The van der Waals surface area contributed by atoms with Crippen molar-refractivity contribution >= 4 is 49.4 Å². The highest BCUT2D eigenvalue weighted by Gasteiger charge is 2.24. The van der Waals surface area contributed by atoms with Gasteiger partial charge in [0.2, 0.25) is 0 Å². The highest BCUT2D eigenvalue weighted by Crippen LogP contribution is 2.40. The Bertz CT molecular complexity index is 1890. The molecule has 0 fully saturated rings. The number of esters is 1. The fraction of sp³-hybridized carbons (Fsp3) is 0.200. The first-order valence-corrected chi connectivity index (χ1v) is 15.3. The molecule has 4 aromatic carbocycles. The molecular weight excluding hydrogens is 604 g/mol. The van der Waals surface area contributed by atoms with E-state index in [1.54, 1.807) is 0 Å². The average Bonchev–Trinajstić information content (AvgIpc) is 3.54. The number of fused-ring (bicyclic) bond motifs is 2. The van der Waals surface area contributed by atoms with Gasteiger partial charge in [0.15, 0.2) is 0 Å². The van der Waals surface area contributed by atoms with Crippen LogP contribution in [0.15, 0.2) is 95.6 Å². The molecule has 0 saturated carbocycles. The Kier molecular flexibility index (Phi) is 8.47. The summed E-state index contributed by atoms with van der Waals surface area (Å²) in [5.41, 5.74) is 5.31. The summed E-state index contributed by atoms with van der Waals surface area (Å²) in [5, 5.41) is 11.4. The van der Waals surface area contributed by atoms with E-state index in [-0.39, 0.29) is 5.97 Å². The third-order valence-corrected chi connectivity index (χ3v) is 8.13. The lowest BCUT2D eigenvalue weighted by molar-refractivity contribution is 0.0519. The molecule has 7 nitrogen and oxygen atoms in total. The van der Waals surface area contributed by atoms with Gasteiger partial charge in [0.05, 0.1) is 24.3 Å². The van der Waals surface area contributed by atoms with Gasteiger partial charge < -0.3 is 19.8 Å². The van der Waals surface area contributed by atoms with Gasteiger partial charge >= 0.3 is 5.97 Å². The number of benzene rings is 4. The van der Waals surface area contributed by atoms with Crippen LogP contribution < -0.4 is 10.1 Å². The van der Waals surface area contributed by atoms with Crippen LogP contribution in [0.3, 0.4) is 0 Å². The molecule has 6 aromatic rings. The largest absolute Gasteiger partial charge is 0.493 e. The van der Waals surface area contributed by atoms with E-state index in [4.69, 9.17) is 9.47 Å². The molecular formula is C35H33BrN4O3. The van der Waals surface area contributed by atoms with Crippen molar-refractivity contribution in [1.82, 2.24) is 14.8 Å². The molecule has 0 radical (unpaired) electrons. The summed E-state index contributed by atoms with van der Waals surface area (Å²) in [6.45, 7) is 3.29. The molecule has 2 heterocycles. The molecule has 2 N–H and O–H groups in total. The Morgan fingerprint density at radius 2 is 1.70 bits per heavy atom. The maximum absolute atomic E-state index is 13.2. The highest BCUT2D eigenvalue weighted by molar-refractivity contribution is 9.10. The molecule has 0 amide bonds. The number of aryl methyl sites for hydroxylation is 2. The quantitative estimate of drug-likeness (QED) is 0.110. The predicted molar refractivity (Wildman–Crippen MR) is 176 cm³/mol. The minimum atomic E-state index is -0.359. The number of nitrogens with zero attached hydrogens (tertiary/aromatic N) is 2. The van der Waals surface area contributed by atoms with Crippen LogP contribution in [0.4, 0.5) is 5.82 Å². The van der Waals surface area contributed by atoms with E-state index in [2.05, 4.69) is 73.8 Å². The smallest absolute Gasteiger partial charge is 0.355 e. The van der Waals surface area contributed by atoms with Crippen LogP contribution in [0.2, 0.25) is 0 Å².